The van der Waals surface area contributed by atoms with Gasteiger partial charge in [-0.25, -0.2) is 0 Å². The lowest BCUT2D eigenvalue weighted by molar-refractivity contribution is -0.128. The second-order valence-corrected chi connectivity index (χ2v) is 9.33. The molecule has 1 aliphatic rings. The van der Waals surface area contributed by atoms with Gasteiger partial charge in [0.2, 0.25) is 5.82 Å². The largest absolute Gasteiger partial charge is 0.495 e. The number of aryl methyl sites for hydroxylation is 2. The van der Waals surface area contributed by atoms with Gasteiger partial charge < -0.3 is 18.9 Å². The Morgan fingerprint density at radius 1 is 1.08 bits per heavy atom. The molecule has 198 valence electrons. The van der Waals surface area contributed by atoms with E-state index in [0.29, 0.717) is 34.5 Å². The first-order chi connectivity index (χ1) is 18.4. The van der Waals surface area contributed by atoms with Gasteiger partial charge in [-0.05, 0) is 68.3 Å². The number of amides is 2. The van der Waals surface area contributed by atoms with Crippen molar-refractivity contribution in [3.05, 3.63) is 65.8 Å². The molecule has 1 saturated carbocycles. The second-order valence-electron chi connectivity index (χ2n) is 9.33. The van der Waals surface area contributed by atoms with Gasteiger partial charge >= 0.3 is 0 Å². The highest BCUT2D eigenvalue weighted by Gasteiger charge is 2.38. The van der Waals surface area contributed by atoms with Crippen LogP contribution in [0.2, 0.25) is 0 Å². The molecule has 0 radical (unpaired) electrons. The molecule has 0 saturated heterocycles. The number of methoxy groups -OCH3 is 1. The van der Waals surface area contributed by atoms with Gasteiger partial charge in [0.25, 0.3) is 11.8 Å². The fourth-order valence-corrected chi connectivity index (χ4v) is 4.73. The Bertz CT molecular complexity index is 1420. The second kappa shape index (κ2) is 10.9. The fraction of sp³-hybridized carbons (Fsp3) is 0.370. The molecule has 1 fully saturated rings. The third kappa shape index (κ3) is 5.31. The molecule has 38 heavy (non-hydrogen) atoms. The van der Waals surface area contributed by atoms with Crippen molar-refractivity contribution in [1.82, 2.24) is 25.5 Å². The Morgan fingerprint density at radius 3 is 2.50 bits per heavy atom. The first-order valence-corrected chi connectivity index (χ1v) is 12.6. The summed E-state index contributed by atoms with van der Waals surface area (Å²) in [6, 6.07) is 13.0. The predicted octanol–water partition coefficient (Wildman–Crippen LogP) is 3.98. The zero-order valence-electron chi connectivity index (χ0n) is 21.6. The normalized spacial score (nSPS) is 14.4. The zero-order valence-corrected chi connectivity index (χ0v) is 21.6. The van der Waals surface area contributed by atoms with Crippen molar-refractivity contribution in [2.24, 2.45) is 0 Å². The maximum Gasteiger partial charge on any atom is 0.251 e. The summed E-state index contributed by atoms with van der Waals surface area (Å²) in [4.78, 5) is 30.4. The third-order valence-electron chi connectivity index (χ3n) is 6.54. The number of tetrazole rings is 1. The standard InChI is InChI=1S/C27H30N6O5/c1-17-12-14-22(37-17)25(27(35)28-19-8-4-5-9-19)33(20-10-6-7-11-21(20)36-3)24(34)16-32-30-26(29-31-32)23-15-13-18(2)38-23/h6-7,10-15,19,25H,4-5,8-9,16H2,1-3H3,(H,28,35). The monoisotopic (exact) mass is 518 g/mol. The van der Waals surface area contributed by atoms with Crippen LogP contribution in [0.25, 0.3) is 11.6 Å². The number of aromatic nitrogens is 4. The highest BCUT2D eigenvalue weighted by Crippen LogP contribution is 2.36. The molecule has 3 aromatic heterocycles. The van der Waals surface area contributed by atoms with Crippen molar-refractivity contribution in [3.63, 3.8) is 0 Å². The average molecular weight is 519 g/mol. The van der Waals surface area contributed by atoms with Gasteiger partial charge in [-0.15, -0.1) is 10.2 Å². The average Bonchev–Trinajstić information content (AvgIpc) is 3.72. The lowest BCUT2D eigenvalue weighted by Crippen LogP contribution is -2.47. The van der Waals surface area contributed by atoms with Crippen LogP contribution in [0.15, 0.2) is 57.4 Å². The number of rotatable bonds is 9. The van der Waals surface area contributed by atoms with Crippen molar-refractivity contribution in [2.45, 2.75) is 58.2 Å². The lowest BCUT2D eigenvalue weighted by Gasteiger charge is -2.31. The Morgan fingerprint density at radius 2 is 1.82 bits per heavy atom. The minimum Gasteiger partial charge on any atom is -0.495 e. The van der Waals surface area contributed by atoms with Crippen LogP contribution < -0.4 is 15.0 Å². The van der Waals surface area contributed by atoms with E-state index < -0.39 is 11.9 Å². The summed E-state index contributed by atoms with van der Waals surface area (Å²) in [5.41, 5.74) is 0.419. The Kier molecular flexibility index (Phi) is 7.25. The number of anilines is 1. The van der Waals surface area contributed by atoms with Crippen LogP contribution in [0.1, 0.15) is 49.0 Å². The fourth-order valence-electron chi connectivity index (χ4n) is 4.73. The van der Waals surface area contributed by atoms with Crippen molar-refractivity contribution in [3.8, 4) is 17.3 Å². The molecule has 11 heteroatoms. The summed E-state index contributed by atoms with van der Waals surface area (Å²) in [5, 5.41) is 15.5. The summed E-state index contributed by atoms with van der Waals surface area (Å²) in [6.07, 6.45) is 3.91. The van der Waals surface area contributed by atoms with E-state index in [2.05, 4.69) is 20.7 Å². The molecule has 4 aromatic rings. The number of carbonyl (C=O) groups excluding carboxylic acids is 2. The van der Waals surface area contributed by atoms with Crippen LogP contribution in [0, 0.1) is 13.8 Å². The number of furan rings is 2. The van der Waals surface area contributed by atoms with Crippen LogP contribution in [-0.2, 0) is 16.1 Å². The number of para-hydroxylation sites is 2. The van der Waals surface area contributed by atoms with Crippen LogP contribution in [-0.4, -0.2) is 45.2 Å². The number of benzene rings is 1. The molecule has 1 N–H and O–H groups in total. The quantitative estimate of drug-likeness (QED) is 0.352. The first-order valence-electron chi connectivity index (χ1n) is 12.6. The molecule has 5 rings (SSSR count). The maximum absolute atomic E-state index is 14.0. The van der Waals surface area contributed by atoms with E-state index in [4.69, 9.17) is 13.6 Å². The Hall–Kier alpha value is -4.41. The Labute approximate surface area is 219 Å². The summed E-state index contributed by atoms with van der Waals surface area (Å²) in [7, 11) is 1.52. The topological polar surface area (TPSA) is 129 Å². The SMILES string of the molecule is COc1ccccc1N(C(=O)Cn1nnc(-c2ccc(C)o2)n1)C(C(=O)NC1CCCC1)c1ccc(C)o1. The zero-order chi connectivity index (χ0) is 26.6. The summed E-state index contributed by atoms with van der Waals surface area (Å²) < 4.78 is 17.1. The van der Waals surface area contributed by atoms with Gasteiger partial charge in [-0.2, -0.15) is 4.80 Å². The van der Waals surface area contributed by atoms with Crippen LogP contribution in [0.5, 0.6) is 5.75 Å². The van der Waals surface area contributed by atoms with Crippen molar-refractivity contribution in [1.29, 1.82) is 0 Å². The van der Waals surface area contributed by atoms with E-state index in [9.17, 15) is 9.59 Å². The smallest absolute Gasteiger partial charge is 0.251 e. The van der Waals surface area contributed by atoms with E-state index in [1.165, 1.54) is 16.8 Å². The van der Waals surface area contributed by atoms with Gasteiger partial charge in [-0.3, -0.25) is 14.5 Å². The molecular weight excluding hydrogens is 488 g/mol. The minimum atomic E-state index is -1.08. The van der Waals surface area contributed by atoms with E-state index in [0.717, 1.165) is 25.7 Å². The molecule has 2 amide bonds. The molecule has 0 bridgehead atoms. The highest BCUT2D eigenvalue weighted by molar-refractivity contribution is 6.02. The van der Waals surface area contributed by atoms with Crippen molar-refractivity contribution < 1.29 is 23.2 Å². The minimum absolute atomic E-state index is 0.0481. The maximum atomic E-state index is 14.0. The summed E-state index contributed by atoms with van der Waals surface area (Å²) in [5.74, 6) is 2.03. The van der Waals surface area contributed by atoms with E-state index >= 15 is 0 Å². The van der Waals surface area contributed by atoms with Gasteiger partial charge in [0.1, 0.15) is 29.6 Å². The molecule has 0 spiro atoms. The number of nitrogens with zero attached hydrogens (tertiary/aromatic N) is 5. The first kappa shape index (κ1) is 25.2. The number of hydrogen-bond acceptors (Lipinski definition) is 8. The van der Waals surface area contributed by atoms with E-state index in [1.54, 1.807) is 55.5 Å². The molecule has 3 heterocycles. The van der Waals surface area contributed by atoms with Gasteiger partial charge in [0.05, 0.1) is 12.8 Å². The third-order valence-corrected chi connectivity index (χ3v) is 6.54. The molecule has 11 nitrogen and oxygen atoms in total. The van der Waals surface area contributed by atoms with Gasteiger partial charge in [0, 0.05) is 6.04 Å². The van der Waals surface area contributed by atoms with Gasteiger partial charge in [-0.1, -0.05) is 25.0 Å². The van der Waals surface area contributed by atoms with Crippen molar-refractivity contribution in [2.75, 3.05) is 12.0 Å². The molecule has 1 unspecified atom stereocenters. The molecule has 1 aromatic carbocycles. The molecule has 1 aliphatic carbocycles. The van der Waals surface area contributed by atoms with Crippen molar-refractivity contribution >= 4 is 17.5 Å². The summed E-state index contributed by atoms with van der Waals surface area (Å²) >= 11 is 0. The number of ether oxygens (including phenoxy) is 1. The number of nitrogens with one attached hydrogen (secondary N) is 1. The van der Waals surface area contributed by atoms with E-state index in [1.807, 2.05) is 6.92 Å². The Balaban J connectivity index is 1.52. The van der Waals surface area contributed by atoms with Crippen LogP contribution >= 0.6 is 0 Å². The number of carbonyl (C=O) groups is 2. The number of hydrogen-bond donors (Lipinski definition) is 1. The van der Waals surface area contributed by atoms with E-state index in [-0.39, 0.29) is 24.3 Å². The summed E-state index contributed by atoms with van der Waals surface area (Å²) in [6.45, 7) is 3.33. The van der Waals surface area contributed by atoms with Crippen LogP contribution in [0.4, 0.5) is 5.69 Å². The highest BCUT2D eigenvalue weighted by atomic mass is 16.5. The molecular formula is C27H30N6O5. The van der Waals surface area contributed by atoms with Crippen LogP contribution in [0.3, 0.4) is 0 Å². The predicted molar refractivity (Wildman–Crippen MR) is 137 cm³/mol. The molecule has 0 aliphatic heterocycles. The van der Waals surface area contributed by atoms with Gasteiger partial charge in [0.15, 0.2) is 11.8 Å². The molecule has 1 atom stereocenters. The lowest BCUT2D eigenvalue weighted by atomic mass is 10.1.